The average Bonchev–Trinajstić information content (AvgIpc) is 3.08. The van der Waals surface area contributed by atoms with E-state index in [9.17, 15) is 0 Å². The van der Waals surface area contributed by atoms with Crippen LogP contribution in [0, 0.1) is 0 Å². The lowest BCUT2D eigenvalue weighted by Gasteiger charge is -2.40. The monoisotopic (exact) mass is 354 g/mol. The van der Waals surface area contributed by atoms with Crippen molar-refractivity contribution in [3.63, 3.8) is 0 Å². The molecule has 1 aliphatic heterocycles. The van der Waals surface area contributed by atoms with Crippen LogP contribution in [0.4, 0.5) is 0 Å². The number of aromatic nitrogens is 2. The summed E-state index contributed by atoms with van der Waals surface area (Å²) in [7, 11) is 2.06. The normalized spacial score (nSPS) is 21.9. The van der Waals surface area contributed by atoms with Gasteiger partial charge in [0, 0.05) is 39.1 Å². The van der Waals surface area contributed by atoms with Crippen molar-refractivity contribution >= 4 is 6.08 Å². The van der Waals surface area contributed by atoms with Gasteiger partial charge in [0.2, 0.25) is 0 Å². The number of morpholine rings is 1. The number of benzene rings is 1. The van der Waals surface area contributed by atoms with E-state index in [1.165, 1.54) is 11.1 Å². The highest BCUT2D eigenvalue weighted by Gasteiger charge is 2.34. The van der Waals surface area contributed by atoms with Gasteiger partial charge in [-0.15, -0.1) is 0 Å². The number of imidazole rings is 1. The fourth-order valence-corrected chi connectivity index (χ4v) is 3.60. The largest absolute Gasteiger partial charge is 0.373 e. The summed E-state index contributed by atoms with van der Waals surface area (Å²) in [5.41, 5.74) is 2.55. The molecule has 0 radical (unpaired) electrons. The number of aryl methyl sites for hydroxylation is 1. The quantitative estimate of drug-likeness (QED) is 0.830. The summed E-state index contributed by atoms with van der Waals surface area (Å²) in [5.74, 6) is 1.08. The van der Waals surface area contributed by atoms with Gasteiger partial charge in [0.1, 0.15) is 5.82 Å². The summed E-state index contributed by atoms with van der Waals surface area (Å²) in [5, 5.41) is 3.57. The Balaban J connectivity index is 1.62. The Hall–Kier alpha value is -1.95. The SMILES string of the molecule is CCN1CCO[C@@H](CNC/C(C)=C/c2ccccc2)[C@@H]1c1nccn1C. The smallest absolute Gasteiger partial charge is 0.128 e. The van der Waals surface area contributed by atoms with Gasteiger partial charge >= 0.3 is 0 Å². The van der Waals surface area contributed by atoms with Crippen LogP contribution in [0.3, 0.4) is 0 Å². The first-order chi connectivity index (χ1) is 12.7. The van der Waals surface area contributed by atoms with Crippen LogP contribution in [-0.4, -0.2) is 53.3 Å². The number of rotatable bonds is 7. The molecule has 2 aromatic rings. The summed E-state index contributed by atoms with van der Waals surface area (Å²) in [6, 6.07) is 10.6. The fourth-order valence-electron chi connectivity index (χ4n) is 3.60. The zero-order chi connectivity index (χ0) is 18.4. The lowest BCUT2D eigenvalue weighted by molar-refractivity contribution is -0.0725. The molecule has 26 heavy (non-hydrogen) atoms. The molecule has 1 aromatic heterocycles. The van der Waals surface area contributed by atoms with Crippen LogP contribution >= 0.6 is 0 Å². The highest BCUT2D eigenvalue weighted by Crippen LogP contribution is 2.27. The first-order valence-electron chi connectivity index (χ1n) is 9.45. The highest BCUT2D eigenvalue weighted by atomic mass is 16.5. The Labute approximate surface area is 156 Å². The molecule has 1 aromatic carbocycles. The Bertz CT molecular complexity index is 710. The van der Waals surface area contributed by atoms with Crippen LogP contribution < -0.4 is 5.32 Å². The van der Waals surface area contributed by atoms with Crippen molar-refractivity contribution in [3.05, 3.63) is 59.7 Å². The van der Waals surface area contributed by atoms with Gasteiger partial charge < -0.3 is 14.6 Å². The number of nitrogens with zero attached hydrogens (tertiary/aromatic N) is 3. The average molecular weight is 354 g/mol. The van der Waals surface area contributed by atoms with Gasteiger partial charge in [-0.05, 0) is 19.0 Å². The van der Waals surface area contributed by atoms with E-state index in [1.807, 2.05) is 18.5 Å². The van der Waals surface area contributed by atoms with Crippen molar-refractivity contribution in [2.24, 2.45) is 7.05 Å². The Morgan fingerprint density at radius 2 is 2.15 bits per heavy atom. The van der Waals surface area contributed by atoms with Gasteiger partial charge in [-0.3, -0.25) is 4.90 Å². The molecule has 2 atom stereocenters. The first kappa shape index (κ1) is 18.8. The molecule has 3 rings (SSSR count). The van der Waals surface area contributed by atoms with Crippen LogP contribution in [0.2, 0.25) is 0 Å². The Kier molecular flexibility index (Phi) is 6.61. The lowest BCUT2D eigenvalue weighted by atomic mass is 10.1. The minimum atomic E-state index is 0.106. The third-order valence-electron chi connectivity index (χ3n) is 4.95. The number of hydrogen-bond donors (Lipinski definition) is 1. The van der Waals surface area contributed by atoms with E-state index in [-0.39, 0.29) is 12.1 Å². The topological polar surface area (TPSA) is 42.3 Å². The second-order valence-electron chi connectivity index (χ2n) is 6.91. The molecule has 0 saturated carbocycles. The van der Waals surface area contributed by atoms with Crippen LogP contribution in [0.1, 0.15) is 31.3 Å². The molecule has 5 nitrogen and oxygen atoms in total. The van der Waals surface area contributed by atoms with Crippen LogP contribution in [-0.2, 0) is 11.8 Å². The third kappa shape index (κ3) is 4.61. The molecule has 1 aliphatic rings. The summed E-state index contributed by atoms with van der Waals surface area (Å²) in [6.45, 7) is 8.78. The van der Waals surface area contributed by atoms with Gasteiger partial charge in [-0.1, -0.05) is 48.9 Å². The summed E-state index contributed by atoms with van der Waals surface area (Å²) < 4.78 is 8.23. The molecule has 1 fully saturated rings. The van der Waals surface area contributed by atoms with E-state index in [1.54, 1.807) is 0 Å². The maximum Gasteiger partial charge on any atom is 0.128 e. The molecule has 0 aliphatic carbocycles. The molecule has 0 amide bonds. The molecule has 5 heteroatoms. The van der Waals surface area contributed by atoms with Crippen LogP contribution in [0.5, 0.6) is 0 Å². The van der Waals surface area contributed by atoms with Crippen molar-refractivity contribution in [1.82, 2.24) is 19.8 Å². The predicted molar refractivity (Wildman–Crippen MR) is 106 cm³/mol. The lowest BCUT2D eigenvalue weighted by Crippen LogP contribution is -2.49. The van der Waals surface area contributed by atoms with E-state index < -0.39 is 0 Å². The minimum Gasteiger partial charge on any atom is -0.373 e. The highest BCUT2D eigenvalue weighted by molar-refractivity contribution is 5.52. The van der Waals surface area contributed by atoms with Crippen molar-refractivity contribution in [3.8, 4) is 0 Å². The van der Waals surface area contributed by atoms with Crippen LogP contribution in [0.15, 0.2) is 48.3 Å². The number of ether oxygens (including phenoxy) is 1. The molecule has 0 spiro atoms. The zero-order valence-corrected chi connectivity index (χ0v) is 16.1. The standard InChI is InChI=1S/C21H30N4O/c1-4-25-12-13-26-19(20(25)21-23-10-11-24(21)3)16-22-15-17(2)14-18-8-6-5-7-9-18/h5-11,14,19-20,22H,4,12-13,15-16H2,1-3H3/b17-14+/t19-,20+/m0/s1. The second kappa shape index (κ2) is 9.12. The van der Waals surface area contributed by atoms with Gasteiger partial charge in [0.15, 0.2) is 0 Å². The third-order valence-corrected chi connectivity index (χ3v) is 4.95. The molecular formula is C21H30N4O. The van der Waals surface area contributed by atoms with E-state index in [0.29, 0.717) is 0 Å². The van der Waals surface area contributed by atoms with Crippen molar-refractivity contribution < 1.29 is 4.74 Å². The van der Waals surface area contributed by atoms with Crippen LogP contribution in [0.25, 0.3) is 6.08 Å². The van der Waals surface area contributed by atoms with E-state index in [4.69, 9.17) is 4.74 Å². The molecule has 0 unspecified atom stereocenters. The summed E-state index contributed by atoms with van der Waals surface area (Å²) in [4.78, 5) is 7.05. The molecule has 1 saturated heterocycles. The molecule has 140 valence electrons. The van der Waals surface area contributed by atoms with Crippen molar-refractivity contribution in [2.75, 3.05) is 32.8 Å². The van der Waals surface area contributed by atoms with Crippen molar-refractivity contribution in [2.45, 2.75) is 26.0 Å². The van der Waals surface area contributed by atoms with E-state index >= 15 is 0 Å². The van der Waals surface area contributed by atoms with Gasteiger partial charge in [-0.25, -0.2) is 4.98 Å². The summed E-state index contributed by atoms with van der Waals surface area (Å²) in [6.07, 6.45) is 6.21. The van der Waals surface area contributed by atoms with Gasteiger partial charge in [0.05, 0.1) is 18.8 Å². The second-order valence-corrected chi connectivity index (χ2v) is 6.91. The first-order valence-corrected chi connectivity index (χ1v) is 9.45. The van der Waals surface area contributed by atoms with Gasteiger partial charge in [0.25, 0.3) is 0 Å². The number of hydrogen-bond acceptors (Lipinski definition) is 4. The van der Waals surface area contributed by atoms with Gasteiger partial charge in [-0.2, -0.15) is 0 Å². The summed E-state index contributed by atoms with van der Waals surface area (Å²) >= 11 is 0. The zero-order valence-electron chi connectivity index (χ0n) is 16.1. The maximum atomic E-state index is 6.12. The van der Waals surface area contributed by atoms with E-state index in [2.05, 4.69) is 71.0 Å². The van der Waals surface area contributed by atoms with Crippen molar-refractivity contribution in [1.29, 1.82) is 0 Å². The fraction of sp³-hybridized carbons (Fsp3) is 0.476. The Morgan fingerprint density at radius 1 is 1.35 bits per heavy atom. The number of likely N-dealkylation sites (N-methyl/N-ethyl adjacent to an activating group) is 1. The Morgan fingerprint density at radius 3 is 2.85 bits per heavy atom. The molecule has 0 bridgehead atoms. The molecular weight excluding hydrogens is 324 g/mol. The molecule has 1 N–H and O–H groups in total. The number of nitrogens with one attached hydrogen (secondary N) is 1. The van der Waals surface area contributed by atoms with E-state index in [0.717, 1.165) is 38.6 Å². The molecule has 2 heterocycles. The minimum absolute atomic E-state index is 0.106. The maximum absolute atomic E-state index is 6.12. The predicted octanol–water partition coefficient (Wildman–Crippen LogP) is 2.88.